The molecule has 3 nitrogen and oxygen atoms in total. The standard InChI is InChI=1S/C14H21N3/c15-11-9-13-4-5-14(10-11)17(13)8-6-12-3-1-2-7-16-12/h1-3,7,11,13-14H,4-6,8-10,15H2. The first-order valence-corrected chi connectivity index (χ1v) is 6.74. The molecule has 0 aliphatic carbocycles. The van der Waals surface area contributed by atoms with Gasteiger partial charge in [-0.05, 0) is 37.8 Å². The van der Waals surface area contributed by atoms with Gasteiger partial charge in [-0.3, -0.25) is 9.88 Å². The maximum atomic E-state index is 6.09. The van der Waals surface area contributed by atoms with Crippen LogP contribution in [0.15, 0.2) is 24.4 Å². The van der Waals surface area contributed by atoms with E-state index < -0.39 is 0 Å². The number of rotatable bonds is 3. The summed E-state index contributed by atoms with van der Waals surface area (Å²) in [6.07, 6.45) is 8.04. The molecule has 0 aromatic carbocycles. The number of aromatic nitrogens is 1. The molecule has 17 heavy (non-hydrogen) atoms. The highest BCUT2D eigenvalue weighted by atomic mass is 15.2. The molecule has 0 saturated carbocycles. The third-order valence-electron chi connectivity index (χ3n) is 4.27. The molecule has 2 bridgehead atoms. The fourth-order valence-corrected chi connectivity index (χ4v) is 3.47. The first kappa shape index (κ1) is 11.2. The highest BCUT2D eigenvalue weighted by Gasteiger charge is 2.38. The van der Waals surface area contributed by atoms with Gasteiger partial charge < -0.3 is 5.73 Å². The summed E-state index contributed by atoms with van der Waals surface area (Å²) in [6.45, 7) is 1.15. The van der Waals surface area contributed by atoms with E-state index in [1.165, 1.54) is 31.4 Å². The van der Waals surface area contributed by atoms with Gasteiger partial charge in [0.1, 0.15) is 0 Å². The summed E-state index contributed by atoms with van der Waals surface area (Å²) >= 11 is 0. The second-order valence-electron chi connectivity index (χ2n) is 5.43. The second kappa shape index (κ2) is 4.75. The van der Waals surface area contributed by atoms with Crippen LogP contribution < -0.4 is 5.73 Å². The molecular weight excluding hydrogens is 210 g/mol. The zero-order valence-electron chi connectivity index (χ0n) is 10.3. The monoisotopic (exact) mass is 231 g/mol. The molecule has 3 heterocycles. The van der Waals surface area contributed by atoms with E-state index in [2.05, 4.69) is 22.0 Å². The summed E-state index contributed by atoms with van der Waals surface area (Å²) in [4.78, 5) is 7.08. The fourth-order valence-electron chi connectivity index (χ4n) is 3.47. The molecule has 2 aliphatic heterocycles. The van der Waals surface area contributed by atoms with Gasteiger partial charge in [0.05, 0.1) is 0 Å². The molecule has 2 fully saturated rings. The van der Waals surface area contributed by atoms with Crippen LogP contribution in [0, 0.1) is 0 Å². The Hall–Kier alpha value is -0.930. The first-order chi connectivity index (χ1) is 8.33. The van der Waals surface area contributed by atoms with E-state index >= 15 is 0 Å². The fraction of sp³-hybridized carbons (Fsp3) is 0.643. The number of hydrogen-bond donors (Lipinski definition) is 1. The zero-order chi connectivity index (χ0) is 11.7. The lowest BCUT2D eigenvalue weighted by atomic mass is 9.98. The molecule has 3 rings (SSSR count). The normalized spacial score (nSPS) is 32.9. The predicted molar refractivity (Wildman–Crippen MR) is 68.7 cm³/mol. The van der Waals surface area contributed by atoms with Crippen LogP contribution in [0.5, 0.6) is 0 Å². The molecule has 2 aliphatic rings. The minimum absolute atomic E-state index is 0.443. The highest BCUT2D eigenvalue weighted by molar-refractivity contribution is 5.05. The van der Waals surface area contributed by atoms with E-state index in [1.54, 1.807) is 0 Å². The lowest BCUT2D eigenvalue weighted by Crippen LogP contribution is -2.48. The average Bonchev–Trinajstić information content (AvgIpc) is 2.59. The van der Waals surface area contributed by atoms with Crippen LogP contribution in [0.2, 0.25) is 0 Å². The van der Waals surface area contributed by atoms with Crippen LogP contribution in [0.3, 0.4) is 0 Å². The maximum Gasteiger partial charge on any atom is 0.0416 e. The number of piperidine rings is 1. The molecule has 92 valence electrons. The lowest BCUT2D eigenvalue weighted by Gasteiger charge is -2.37. The van der Waals surface area contributed by atoms with E-state index in [0.29, 0.717) is 6.04 Å². The van der Waals surface area contributed by atoms with Crippen molar-refractivity contribution in [1.29, 1.82) is 0 Å². The Morgan fingerprint density at radius 1 is 1.24 bits per heavy atom. The smallest absolute Gasteiger partial charge is 0.0416 e. The van der Waals surface area contributed by atoms with Gasteiger partial charge in [0.25, 0.3) is 0 Å². The largest absolute Gasteiger partial charge is 0.328 e. The van der Waals surface area contributed by atoms with Crippen LogP contribution >= 0.6 is 0 Å². The van der Waals surface area contributed by atoms with Crippen molar-refractivity contribution >= 4 is 0 Å². The number of pyridine rings is 1. The second-order valence-corrected chi connectivity index (χ2v) is 5.43. The van der Waals surface area contributed by atoms with Gasteiger partial charge in [0.2, 0.25) is 0 Å². The molecule has 3 heteroatoms. The molecule has 2 saturated heterocycles. The molecular formula is C14H21N3. The number of nitrogens with two attached hydrogens (primary N) is 1. The van der Waals surface area contributed by atoms with Gasteiger partial charge in [-0.2, -0.15) is 0 Å². The van der Waals surface area contributed by atoms with E-state index in [4.69, 9.17) is 5.73 Å². The van der Waals surface area contributed by atoms with Gasteiger partial charge in [0.15, 0.2) is 0 Å². The van der Waals surface area contributed by atoms with E-state index in [9.17, 15) is 0 Å². The Morgan fingerprint density at radius 3 is 2.65 bits per heavy atom. The Morgan fingerprint density at radius 2 is 2.00 bits per heavy atom. The lowest BCUT2D eigenvalue weighted by molar-refractivity contribution is 0.129. The summed E-state index contributed by atoms with van der Waals surface area (Å²) < 4.78 is 0. The van der Waals surface area contributed by atoms with Crippen molar-refractivity contribution in [3.63, 3.8) is 0 Å². The van der Waals surface area contributed by atoms with Gasteiger partial charge in [-0.25, -0.2) is 0 Å². The Balaban J connectivity index is 1.60. The Bertz CT molecular complexity index is 351. The topological polar surface area (TPSA) is 42.1 Å². The quantitative estimate of drug-likeness (QED) is 0.858. The summed E-state index contributed by atoms with van der Waals surface area (Å²) in [7, 11) is 0. The van der Waals surface area contributed by atoms with Gasteiger partial charge in [-0.15, -0.1) is 0 Å². The number of hydrogen-bond acceptors (Lipinski definition) is 3. The molecule has 2 N–H and O–H groups in total. The molecule has 2 unspecified atom stereocenters. The van der Waals surface area contributed by atoms with Gasteiger partial charge in [0, 0.05) is 43.0 Å². The van der Waals surface area contributed by atoms with Crippen LogP contribution in [0.1, 0.15) is 31.4 Å². The number of fused-ring (bicyclic) bond motifs is 2. The summed E-state index contributed by atoms with van der Waals surface area (Å²) in [5.41, 5.74) is 7.30. The summed E-state index contributed by atoms with van der Waals surface area (Å²) in [5, 5.41) is 0. The van der Waals surface area contributed by atoms with Crippen molar-refractivity contribution in [2.75, 3.05) is 6.54 Å². The SMILES string of the molecule is NC1CC2CCC(C1)N2CCc1ccccn1. The molecule has 0 spiro atoms. The van der Waals surface area contributed by atoms with Crippen molar-refractivity contribution in [1.82, 2.24) is 9.88 Å². The predicted octanol–water partition coefficient (Wildman–Crippen LogP) is 1.58. The third-order valence-corrected chi connectivity index (χ3v) is 4.27. The molecule has 0 amide bonds. The molecule has 1 aromatic rings. The average molecular weight is 231 g/mol. The Kier molecular flexibility index (Phi) is 3.12. The van der Waals surface area contributed by atoms with Gasteiger partial charge >= 0.3 is 0 Å². The van der Waals surface area contributed by atoms with Crippen LogP contribution in [-0.2, 0) is 6.42 Å². The summed E-state index contributed by atoms with van der Waals surface area (Å²) in [6, 6.07) is 8.10. The van der Waals surface area contributed by atoms with E-state index in [0.717, 1.165) is 25.0 Å². The Labute approximate surface area is 103 Å². The van der Waals surface area contributed by atoms with Crippen molar-refractivity contribution in [2.24, 2.45) is 5.73 Å². The number of nitrogens with zero attached hydrogens (tertiary/aromatic N) is 2. The first-order valence-electron chi connectivity index (χ1n) is 6.74. The zero-order valence-corrected chi connectivity index (χ0v) is 10.3. The molecule has 2 atom stereocenters. The van der Waals surface area contributed by atoms with Crippen molar-refractivity contribution in [3.05, 3.63) is 30.1 Å². The van der Waals surface area contributed by atoms with E-state index in [1.807, 2.05) is 12.3 Å². The minimum atomic E-state index is 0.443. The molecule has 0 radical (unpaired) electrons. The molecule has 1 aromatic heterocycles. The van der Waals surface area contributed by atoms with Crippen LogP contribution in [-0.4, -0.2) is 34.6 Å². The summed E-state index contributed by atoms with van der Waals surface area (Å²) in [5.74, 6) is 0. The minimum Gasteiger partial charge on any atom is -0.328 e. The van der Waals surface area contributed by atoms with Crippen molar-refractivity contribution in [3.8, 4) is 0 Å². The van der Waals surface area contributed by atoms with Crippen LogP contribution in [0.4, 0.5) is 0 Å². The third kappa shape index (κ3) is 2.35. The van der Waals surface area contributed by atoms with Crippen LogP contribution in [0.25, 0.3) is 0 Å². The maximum absolute atomic E-state index is 6.09. The van der Waals surface area contributed by atoms with Gasteiger partial charge in [-0.1, -0.05) is 6.07 Å². The van der Waals surface area contributed by atoms with Crippen molar-refractivity contribution < 1.29 is 0 Å². The van der Waals surface area contributed by atoms with E-state index in [-0.39, 0.29) is 0 Å². The highest BCUT2D eigenvalue weighted by Crippen LogP contribution is 2.34. The van der Waals surface area contributed by atoms with Crippen molar-refractivity contribution in [2.45, 2.75) is 50.2 Å².